The van der Waals surface area contributed by atoms with Crippen LogP contribution in [-0.2, 0) is 17.7 Å². The molecule has 0 atom stereocenters. The second-order valence-electron chi connectivity index (χ2n) is 9.55. The zero-order valence-electron chi connectivity index (χ0n) is 18.7. The molecule has 3 heterocycles. The third-order valence-corrected chi connectivity index (χ3v) is 6.25. The number of nitrogens with one attached hydrogen (secondary N) is 2. The molecule has 2 aromatic heterocycles. The van der Waals surface area contributed by atoms with Gasteiger partial charge in [0.1, 0.15) is 11.6 Å². The number of hydrogen-bond acceptors (Lipinski definition) is 6. The zero-order valence-corrected chi connectivity index (χ0v) is 18.7. The molecule has 0 spiro atoms. The first-order valence-electron chi connectivity index (χ1n) is 11.0. The average molecular weight is 437 g/mol. The zero-order chi connectivity index (χ0) is 22.5. The number of Topliss-reactive ketones (excluding diaryl/α,β-unsaturated/α-hetero) is 1. The fourth-order valence-electron chi connectivity index (χ4n) is 4.67. The molecule has 168 valence electrons. The van der Waals surface area contributed by atoms with E-state index in [4.69, 9.17) is 9.15 Å². The van der Waals surface area contributed by atoms with E-state index in [1.807, 2.05) is 32.0 Å². The quantitative estimate of drug-likeness (QED) is 0.647. The minimum atomic E-state index is -0.352. The predicted octanol–water partition coefficient (Wildman–Crippen LogP) is 3.70. The van der Waals surface area contributed by atoms with Crippen molar-refractivity contribution in [1.82, 2.24) is 14.9 Å². The van der Waals surface area contributed by atoms with E-state index in [9.17, 15) is 9.59 Å². The summed E-state index contributed by atoms with van der Waals surface area (Å²) < 4.78 is 11.3. The van der Waals surface area contributed by atoms with E-state index in [1.54, 1.807) is 6.92 Å². The van der Waals surface area contributed by atoms with Crippen LogP contribution in [0.25, 0.3) is 11.0 Å². The Balaban J connectivity index is 1.34. The number of amides is 1. The smallest absolute Gasteiger partial charge is 0.291 e. The summed E-state index contributed by atoms with van der Waals surface area (Å²) >= 11 is 0. The van der Waals surface area contributed by atoms with Crippen LogP contribution in [0.15, 0.2) is 22.6 Å². The van der Waals surface area contributed by atoms with Crippen molar-refractivity contribution < 1.29 is 18.7 Å². The maximum Gasteiger partial charge on any atom is 0.291 e. The number of aromatic amines is 1. The highest BCUT2D eigenvalue weighted by Gasteiger charge is 2.37. The Labute approximate surface area is 186 Å². The first kappa shape index (κ1) is 20.9. The van der Waals surface area contributed by atoms with Crippen LogP contribution >= 0.6 is 0 Å². The highest BCUT2D eigenvalue weighted by Crippen LogP contribution is 2.38. The summed E-state index contributed by atoms with van der Waals surface area (Å²) in [6, 6.07) is 5.58. The van der Waals surface area contributed by atoms with E-state index >= 15 is 0 Å². The monoisotopic (exact) mass is 436 g/mol. The minimum Gasteiger partial charge on any atom is -0.455 e. The minimum absolute atomic E-state index is 0.0447. The highest BCUT2D eigenvalue weighted by molar-refractivity contribution is 6.08. The molecular weight excluding hydrogens is 408 g/mol. The Morgan fingerprint density at radius 2 is 2.03 bits per heavy atom. The number of anilines is 1. The number of morpholine rings is 1. The van der Waals surface area contributed by atoms with Crippen molar-refractivity contribution in [3.05, 3.63) is 46.7 Å². The van der Waals surface area contributed by atoms with Gasteiger partial charge >= 0.3 is 0 Å². The Morgan fingerprint density at radius 1 is 1.25 bits per heavy atom. The number of H-pyrrole nitrogens is 1. The summed E-state index contributed by atoms with van der Waals surface area (Å²) in [6.07, 6.45) is 1.11. The number of ketones is 1. The molecule has 1 aromatic carbocycles. The number of furan rings is 1. The maximum absolute atomic E-state index is 13.0. The molecule has 1 amide bonds. The molecule has 1 aliphatic heterocycles. The van der Waals surface area contributed by atoms with Gasteiger partial charge in [0.05, 0.1) is 36.4 Å². The average Bonchev–Trinajstić information content (AvgIpc) is 3.27. The van der Waals surface area contributed by atoms with Gasteiger partial charge in [-0.3, -0.25) is 14.5 Å². The van der Waals surface area contributed by atoms with E-state index in [-0.39, 0.29) is 22.9 Å². The standard InChI is InChI=1S/C24H28N4O4/c1-14-21-18(29)11-24(2,3)12-19(21)32-22(14)23(30)25-15-4-5-16-17(10-15)27-20(26-16)13-28-6-8-31-9-7-28/h4-5,10H,6-9,11-13H2,1-3H3,(H,25,30)(H,26,27). The lowest BCUT2D eigenvalue weighted by atomic mass is 9.76. The fourth-order valence-corrected chi connectivity index (χ4v) is 4.67. The number of imidazole rings is 1. The highest BCUT2D eigenvalue weighted by atomic mass is 16.5. The van der Waals surface area contributed by atoms with Crippen LogP contribution < -0.4 is 5.32 Å². The van der Waals surface area contributed by atoms with Crippen molar-refractivity contribution in [2.24, 2.45) is 5.41 Å². The molecule has 8 heteroatoms. The molecule has 0 unspecified atom stereocenters. The van der Waals surface area contributed by atoms with E-state index in [1.165, 1.54) is 0 Å². The van der Waals surface area contributed by atoms with Gasteiger partial charge in [-0.1, -0.05) is 13.8 Å². The summed E-state index contributed by atoms with van der Waals surface area (Å²) in [5, 5.41) is 2.91. The molecule has 1 fully saturated rings. The van der Waals surface area contributed by atoms with Gasteiger partial charge in [0.2, 0.25) is 0 Å². The normalized spacial score (nSPS) is 18.7. The predicted molar refractivity (Wildman–Crippen MR) is 120 cm³/mol. The SMILES string of the molecule is Cc1c(C(=O)Nc2ccc3nc(CN4CCOCC4)[nH]c3c2)oc2c1C(=O)CC(C)(C)C2. The molecular formula is C24H28N4O4. The summed E-state index contributed by atoms with van der Waals surface area (Å²) in [5.74, 6) is 1.41. The molecule has 0 bridgehead atoms. The Bertz CT molecular complexity index is 1200. The molecule has 2 N–H and O–H groups in total. The van der Waals surface area contributed by atoms with Gasteiger partial charge in [0.25, 0.3) is 5.91 Å². The Kier molecular flexibility index (Phi) is 5.14. The number of carbonyl (C=O) groups is 2. The van der Waals surface area contributed by atoms with Gasteiger partial charge in [-0.2, -0.15) is 0 Å². The number of nitrogens with zero attached hydrogens (tertiary/aromatic N) is 2. The molecule has 32 heavy (non-hydrogen) atoms. The molecule has 2 aliphatic rings. The second-order valence-corrected chi connectivity index (χ2v) is 9.55. The number of fused-ring (bicyclic) bond motifs is 2. The van der Waals surface area contributed by atoms with Crippen LogP contribution in [0, 0.1) is 12.3 Å². The Hall–Kier alpha value is -2.97. The van der Waals surface area contributed by atoms with E-state index in [0.29, 0.717) is 35.4 Å². The van der Waals surface area contributed by atoms with Crippen molar-refractivity contribution in [3.8, 4) is 0 Å². The van der Waals surface area contributed by atoms with Crippen LogP contribution in [0.3, 0.4) is 0 Å². The number of aromatic nitrogens is 2. The van der Waals surface area contributed by atoms with Gasteiger partial charge in [-0.15, -0.1) is 0 Å². The third kappa shape index (κ3) is 3.96. The molecule has 0 saturated carbocycles. The van der Waals surface area contributed by atoms with Crippen molar-refractivity contribution >= 4 is 28.4 Å². The van der Waals surface area contributed by atoms with E-state index in [0.717, 1.165) is 49.7 Å². The van der Waals surface area contributed by atoms with Crippen molar-refractivity contribution in [2.75, 3.05) is 31.6 Å². The first-order valence-corrected chi connectivity index (χ1v) is 11.0. The van der Waals surface area contributed by atoms with Crippen molar-refractivity contribution in [1.29, 1.82) is 0 Å². The molecule has 0 radical (unpaired) electrons. The first-order chi connectivity index (χ1) is 15.3. The van der Waals surface area contributed by atoms with Gasteiger partial charge in [-0.05, 0) is 30.5 Å². The Morgan fingerprint density at radius 3 is 2.81 bits per heavy atom. The van der Waals surface area contributed by atoms with Crippen LogP contribution in [0.2, 0.25) is 0 Å². The number of rotatable bonds is 4. The van der Waals surface area contributed by atoms with Gasteiger partial charge in [0.15, 0.2) is 11.5 Å². The van der Waals surface area contributed by atoms with Crippen LogP contribution in [0.4, 0.5) is 5.69 Å². The van der Waals surface area contributed by atoms with E-state index in [2.05, 4.69) is 20.2 Å². The second kappa shape index (κ2) is 7.86. The lowest BCUT2D eigenvalue weighted by molar-refractivity contribution is 0.0332. The number of benzene rings is 1. The lowest BCUT2D eigenvalue weighted by Gasteiger charge is -2.27. The van der Waals surface area contributed by atoms with E-state index < -0.39 is 0 Å². The molecule has 5 rings (SSSR count). The summed E-state index contributed by atoms with van der Waals surface area (Å²) in [7, 11) is 0. The van der Waals surface area contributed by atoms with Gasteiger partial charge in [0, 0.05) is 37.2 Å². The fraction of sp³-hybridized carbons (Fsp3) is 0.458. The van der Waals surface area contributed by atoms with Crippen LogP contribution in [-0.4, -0.2) is 52.9 Å². The lowest BCUT2D eigenvalue weighted by Crippen LogP contribution is -2.35. The number of hydrogen-bond donors (Lipinski definition) is 2. The molecule has 8 nitrogen and oxygen atoms in total. The molecule has 1 aliphatic carbocycles. The van der Waals surface area contributed by atoms with Crippen molar-refractivity contribution in [3.63, 3.8) is 0 Å². The molecule has 1 saturated heterocycles. The van der Waals surface area contributed by atoms with Crippen LogP contribution in [0.5, 0.6) is 0 Å². The third-order valence-electron chi connectivity index (χ3n) is 6.25. The van der Waals surface area contributed by atoms with Gasteiger partial charge < -0.3 is 19.5 Å². The number of carbonyl (C=O) groups excluding carboxylic acids is 2. The van der Waals surface area contributed by atoms with Crippen LogP contribution in [0.1, 0.15) is 58.3 Å². The summed E-state index contributed by atoms with van der Waals surface area (Å²) in [4.78, 5) is 35.9. The summed E-state index contributed by atoms with van der Waals surface area (Å²) in [5.41, 5.74) is 3.39. The number of ether oxygens (including phenoxy) is 1. The van der Waals surface area contributed by atoms with Gasteiger partial charge in [-0.25, -0.2) is 4.98 Å². The summed E-state index contributed by atoms with van der Waals surface area (Å²) in [6.45, 7) is 9.88. The molecule has 3 aromatic rings. The largest absolute Gasteiger partial charge is 0.455 e. The topological polar surface area (TPSA) is 100 Å². The van der Waals surface area contributed by atoms with Crippen molar-refractivity contribution in [2.45, 2.75) is 40.2 Å². The maximum atomic E-state index is 13.0.